The lowest BCUT2D eigenvalue weighted by Gasteiger charge is -2.28. The minimum Gasteiger partial charge on any atom is -0.484 e. The van der Waals surface area contributed by atoms with Gasteiger partial charge in [0.05, 0.1) is 6.04 Å². The molecule has 0 radical (unpaired) electrons. The van der Waals surface area contributed by atoms with Crippen LogP contribution in [0.2, 0.25) is 0 Å². The molecule has 152 valence electrons. The zero-order chi connectivity index (χ0) is 18.7. The van der Waals surface area contributed by atoms with Crippen molar-refractivity contribution in [2.24, 2.45) is 5.92 Å². The van der Waals surface area contributed by atoms with Crippen LogP contribution in [-0.2, 0) is 4.79 Å². The van der Waals surface area contributed by atoms with Gasteiger partial charge in [-0.15, -0.1) is 12.4 Å². The van der Waals surface area contributed by atoms with Gasteiger partial charge in [-0.25, -0.2) is 5.43 Å². The van der Waals surface area contributed by atoms with Gasteiger partial charge in [-0.3, -0.25) is 10.2 Å². The second kappa shape index (κ2) is 9.09. The Morgan fingerprint density at radius 3 is 2.67 bits per heavy atom. The third kappa shape index (κ3) is 5.71. The molecule has 27 heavy (non-hydrogen) atoms. The smallest absolute Gasteiger partial charge is 0.422 e. The first-order valence-corrected chi connectivity index (χ1v) is 8.65. The summed E-state index contributed by atoms with van der Waals surface area (Å²) in [6.07, 6.45) is -3.40. The molecule has 2 heterocycles. The van der Waals surface area contributed by atoms with Gasteiger partial charge in [0.15, 0.2) is 6.61 Å². The van der Waals surface area contributed by atoms with E-state index in [1.54, 1.807) is 12.1 Å². The molecule has 0 aromatic heterocycles. The van der Waals surface area contributed by atoms with Crippen molar-refractivity contribution in [3.63, 3.8) is 0 Å². The SMILES string of the molecule is CC(NC(=O)C1NNC2CCNCC21)c1ccc(OCC(F)(F)F)cc1.Cl. The molecule has 2 aliphatic rings. The van der Waals surface area contributed by atoms with Gasteiger partial charge in [0.1, 0.15) is 11.8 Å². The molecule has 6 nitrogen and oxygen atoms in total. The minimum absolute atomic E-state index is 0. The van der Waals surface area contributed by atoms with Crippen LogP contribution in [0.1, 0.15) is 24.9 Å². The number of hydrogen-bond donors (Lipinski definition) is 4. The third-order valence-electron chi connectivity index (χ3n) is 4.81. The quantitative estimate of drug-likeness (QED) is 0.596. The second-order valence-electron chi connectivity index (χ2n) is 6.73. The fourth-order valence-electron chi connectivity index (χ4n) is 3.38. The molecule has 1 aromatic rings. The number of halogens is 4. The number of ether oxygens (including phenoxy) is 1. The van der Waals surface area contributed by atoms with Crippen molar-refractivity contribution in [1.29, 1.82) is 0 Å². The number of amides is 1. The molecular formula is C17H24ClF3N4O2. The summed E-state index contributed by atoms with van der Waals surface area (Å²) in [5, 5.41) is 6.26. The van der Waals surface area contributed by atoms with Crippen molar-refractivity contribution < 1.29 is 22.7 Å². The van der Waals surface area contributed by atoms with E-state index < -0.39 is 12.8 Å². The van der Waals surface area contributed by atoms with Crippen LogP contribution in [0, 0.1) is 5.92 Å². The molecule has 4 atom stereocenters. The van der Waals surface area contributed by atoms with Crippen LogP contribution >= 0.6 is 12.4 Å². The monoisotopic (exact) mass is 408 g/mol. The van der Waals surface area contributed by atoms with Gasteiger partial charge in [-0.1, -0.05) is 12.1 Å². The topological polar surface area (TPSA) is 74.4 Å². The summed E-state index contributed by atoms with van der Waals surface area (Å²) in [5.74, 6) is 0.232. The Labute approximate surface area is 162 Å². The first-order valence-electron chi connectivity index (χ1n) is 8.65. The Bertz CT molecular complexity index is 630. The molecular weight excluding hydrogens is 385 g/mol. The van der Waals surface area contributed by atoms with Crippen LogP contribution in [0.25, 0.3) is 0 Å². The Balaban J connectivity index is 0.00000261. The maximum absolute atomic E-state index is 12.6. The highest BCUT2D eigenvalue weighted by molar-refractivity contribution is 5.85. The number of hydrogen-bond acceptors (Lipinski definition) is 5. The van der Waals surface area contributed by atoms with Crippen LogP contribution in [-0.4, -0.2) is 43.9 Å². The van der Waals surface area contributed by atoms with Crippen molar-refractivity contribution in [3.05, 3.63) is 29.8 Å². The van der Waals surface area contributed by atoms with Gasteiger partial charge in [0.2, 0.25) is 5.91 Å². The lowest BCUT2D eigenvalue weighted by atomic mass is 9.89. The Kier molecular flexibility index (Phi) is 7.32. The second-order valence-corrected chi connectivity index (χ2v) is 6.73. The molecule has 2 aliphatic heterocycles. The largest absolute Gasteiger partial charge is 0.484 e. The molecule has 1 aromatic carbocycles. The molecule has 10 heteroatoms. The van der Waals surface area contributed by atoms with Crippen molar-refractivity contribution >= 4 is 18.3 Å². The van der Waals surface area contributed by atoms with E-state index in [4.69, 9.17) is 0 Å². The van der Waals surface area contributed by atoms with E-state index in [9.17, 15) is 18.0 Å². The van der Waals surface area contributed by atoms with Gasteiger partial charge < -0.3 is 15.4 Å². The summed E-state index contributed by atoms with van der Waals surface area (Å²) >= 11 is 0. The van der Waals surface area contributed by atoms with Gasteiger partial charge >= 0.3 is 6.18 Å². The maximum atomic E-state index is 12.6. The number of alkyl halides is 3. The van der Waals surface area contributed by atoms with Crippen LogP contribution in [0.4, 0.5) is 13.2 Å². The average Bonchev–Trinajstić information content (AvgIpc) is 3.04. The van der Waals surface area contributed by atoms with Crippen molar-refractivity contribution in [1.82, 2.24) is 21.5 Å². The normalized spacial score (nSPS) is 25.9. The van der Waals surface area contributed by atoms with E-state index in [0.717, 1.165) is 25.1 Å². The van der Waals surface area contributed by atoms with Crippen LogP contribution in [0.5, 0.6) is 5.75 Å². The van der Waals surface area contributed by atoms with Gasteiger partial charge in [0.25, 0.3) is 0 Å². The number of piperidine rings is 1. The summed E-state index contributed by atoms with van der Waals surface area (Å²) in [4.78, 5) is 12.6. The predicted molar refractivity (Wildman–Crippen MR) is 96.6 cm³/mol. The average molecular weight is 409 g/mol. The van der Waals surface area contributed by atoms with E-state index in [1.165, 1.54) is 12.1 Å². The predicted octanol–water partition coefficient (Wildman–Crippen LogP) is 1.68. The number of hydrazine groups is 1. The van der Waals surface area contributed by atoms with Crippen LogP contribution in [0.3, 0.4) is 0 Å². The number of fused-ring (bicyclic) bond motifs is 1. The molecule has 2 fully saturated rings. The highest BCUT2D eigenvalue weighted by Crippen LogP contribution is 2.23. The number of benzene rings is 1. The Morgan fingerprint density at radius 2 is 2.00 bits per heavy atom. The minimum atomic E-state index is -4.37. The number of carbonyl (C=O) groups is 1. The van der Waals surface area contributed by atoms with Crippen molar-refractivity contribution in [3.8, 4) is 5.75 Å². The maximum Gasteiger partial charge on any atom is 0.422 e. The molecule has 4 N–H and O–H groups in total. The van der Waals surface area contributed by atoms with Crippen molar-refractivity contribution in [2.75, 3.05) is 19.7 Å². The number of rotatable bonds is 5. The fraction of sp³-hybridized carbons (Fsp3) is 0.588. The molecule has 0 aliphatic carbocycles. The number of nitrogens with one attached hydrogen (secondary N) is 4. The van der Waals surface area contributed by atoms with E-state index in [-0.39, 0.29) is 48.1 Å². The highest BCUT2D eigenvalue weighted by Gasteiger charge is 2.41. The van der Waals surface area contributed by atoms with Gasteiger partial charge in [0, 0.05) is 18.5 Å². The Hall–Kier alpha value is -1.55. The zero-order valence-electron chi connectivity index (χ0n) is 14.8. The van der Waals surface area contributed by atoms with Crippen LogP contribution < -0.4 is 26.2 Å². The van der Waals surface area contributed by atoms with Crippen LogP contribution in [0.15, 0.2) is 24.3 Å². The zero-order valence-corrected chi connectivity index (χ0v) is 15.6. The molecule has 4 unspecified atom stereocenters. The summed E-state index contributed by atoms with van der Waals surface area (Å²) in [7, 11) is 0. The molecule has 0 bridgehead atoms. The summed E-state index contributed by atoms with van der Waals surface area (Å²) in [6.45, 7) is 2.23. The molecule has 0 spiro atoms. The Morgan fingerprint density at radius 1 is 1.30 bits per heavy atom. The molecule has 2 saturated heterocycles. The summed E-state index contributed by atoms with van der Waals surface area (Å²) in [5.41, 5.74) is 7.04. The molecule has 0 saturated carbocycles. The van der Waals surface area contributed by atoms with Gasteiger partial charge in [-0.05, 0) is 37.6 Å². The van der Waals surface area contributed by atoms with E-state index >= 15 is 0 Å². The first-order chi connectivity index (χ1) is 12.3. The van der Waals surface area contributed by atoms with Gasteiger partial charge in [-0.2, -0.15) is 13.2 Å². The molecule has 3 rings (SSSR count). The lowest BCUT2D eigenvalue weighted by molar-refractivity contribution is -0.153. The number of carbonyl (C=O) groups excluding carboxylic acids is 1. The standard InChI is InChI=1S/C17H23F3N4O2.ClH/c1-10(11-2-4-12(5-3-11)26-9-17(18,19)20)22-16(25)15-13-8-21-7-6-14(13)23-24-15;/h2-5,10,13-15,21,23-24H,6-9H2,1H3,(H,22,25);1H. The fourth-order valence-corrected chi connectivity index (χ4v) is 3.38. The first kappa shape index (κ1) is 21.7. The van der Waals surface area contributed by atoms with E-state index in [1.807, 2.05) is 6.92 Å². The van der Waals surface area contributed by atoms with E-state index in [2.05, 4.69) is 26.2 Å². The van der Waals surface area contributed by atoms with E-state index in [0.29, 0.717) is 0 Å². The van der Waals surface area contributed by atoms with Crippen molar-refractivity contribution in [2.45, 2.75) is 37.6 Å². The lowest BCUT2D eigenvalue weighted by Crippen LogP contribution is -2.49. The highest BCUT2D eigenvalue weighted by atomic mass is 35.5. The molecule has 1 amide bonds. The third-order valence-corrected chi connectivity index (χ3v) is 4.81. The summed E-state index contributed by atoms with van der Waals surface area (Å²) < 4.78 is 41.2. The summed E-state index contributed by atoms with van der Waals surface area (Å²) in [6, 6.07) is 5.96.